The van der Waals surface area contributed by atoms with E-state index in [2.05, 4.69) is 15.0 Å². The van der Waals surface area contributed by atoms with Gasteiger partial charge in [0.15, 0.2) is 5.84 Å². The summed E-state index contributed by atoms with van der Waals surface area (Å²) in [6.45, 7) is 5.80. The third-order valence-electron chi connectivity index (χ3n) is 3.47. The SMILES string of the molecule is CCC(C(N)=NO)N1CCN(CCS(C)(=O)=O)CC1. The molecule has 1 aliphatic rings. The number of amidine groups is 1. The van der Waals surface area contributed by atoms with Crippen molar-refractivity contribution in [3.05, 3.63) is 0 Å². The van der Waals surface area contributed by atoms with Crippen LogP contribution < -0.4 is 5.73 Å². The molecule has 8 heteroatoms. The first-order chi connectivity index (χ1) is 8.87. The first kappa shape index (κ1) is 16.2. The molecule has 3 N–H and O–H groups in total. The highest BCUT2D eigenvalue weighted by Crippen LogP contribution is 2.09. The van der Waals surface area contributed by atoms with Gasteiger partial charge < -0.3 is 10.9 Å². The summed E-state index contributed by atoms with van der Waals surface area (Å²) in [7, 11) is -2.90. The third-order valence-corrected chi connectivity index (χ3v) is 4.39. The molecule has 0 aromatic heterocycles. The summed E-state index contributed by atoms with van der Waals surface area (Å²) in [5.74, 6) is 0.442. The van der Waals surface area contributed by atoms with Gasteiger partial charge in [-0.3, -0.25) is 9.80 Å². The number of hydrogen-bond donors (Lipinski definition) is 2. The lowest BCUT2D eigenvalue weighted by atomic mass is 10.1. The highest BCUT2D eigenvalue weighted by atomic mass is 32.2. The van der Waals surface area contributed by atoms with E-state index in [0.717, 1.165) is 32.6 Å². The summed E-state index contributed by atoms with van der Waals surface area (Å²) in [5, 5.41) is 11.8. The molecular formula is C11H24N4O3S. The van der Waals surface area contributed by atoms with Crippen LogP contribution in [0.25, 0.3) is 0 Å². The van der Waals surface area contributed by atoms with Gasteiger partial charge in [-0.05, 0) is 6.42 Å². The van der Waals surface area contributed by atoms with Crippen molar-refractivity contribution in [2.24, 2.45) is 10.9 Å². The second-order valence-electron chi connectivity index (χ2n) is 4.96. The van der Waals surface area contributed by atoms with Crippen LogP contribution in [0, 0.1) is 0 Å². The van der Waals surface area contributed by atoms with Gasteiger partial charge in [0.25, 0.3) is 0 Å². The first-order valence-electron chi connectivity index (χ1n) is 6.49. The normalized spacial score (nSPS) is 21.5. The van der Waals surface area contributed by atoms with Crippen LogP contribution in [0.4, 0.5) is 0 Å². The summed E-state index contributed by atoms with van der Waals surface area (Å²) in [6.07, 6.45) is 2.05. The third kappa shape index (κ3) is 5.33. The smallest absolute Gasteiger partial charge is 0.156 e. The molecule has 0 aromatic carbocycles. The predicted molar refractivity (Wildman–Crippen MR) is 75.2 cm³/mol. The first-order valence-corrected chi connectivity index (χ1v) is 8.55. The van der Waals surface area contributed by atoms with Gasteiger partial charge in [0, 0.05) is 39.0 Å². The van der Waals surface area contributed by atoms with Crippen LogP contribution in [0.5, 0.6) is 0 Å². The molecule has 1 atom stereocenters. The molecule has 112 valence electrons. The van der Waals surface area contributed by atoms with Crippen molar-refractivity contribution in [1.82, 2.24) is 9.80 Å². The van der Waals surface area contributed by atoms with E-state index in [9.17, 15) is 8.42 Å². The summed E-state index contributed by atoms with van der Waals surface area (Å²) < 4.78 is 22.2. The van der Waals surface area contributed by atoms with Gasteiger partial charge in [0.1, 0.15) is 9.84 Å². The zero-order valence-corrected chi connectivity index (χ0v) is 12.4. The quantitative estimate of drug-likeness (QED) is 0.287. The summed E-state index contributed by atoms with van der Waals surface area (Å²) >= 11 is 0. The fraction of sp³-hybridized carbons (Fsp3) is 0.909. The van der Waals surface area contributed by atoms with Crippen LogP contribution in [-0.4, -0.2) is 80.0 Å². The minimum atomic E-state index is -2.90. The van der Waals surface area contributed by atoms with E-state index in [0.29, 0.717) is 6.54 Å². The maximum absolute atomic E-state index is 11.1. The molecule has 1 rings (SSSR count). The number of hydrogen-bond acceptors (Lipinski definition) is 6. The molecule has 1 aliphatic heterocycles. The Labute approximate surface area is 115 Å². The molecule has 1 fully saturated rings. The zero-order chi connectivity index (χ0) is 14.5. The van der Waals surface area contributed by atoms with Crippen molar-refractivity contribution in [2.75, 3.05) is 44.7 Å². The van der Waals surface area contributed by atoms with Gasteiger partial charge in [-0.25, -0.2) is 8.42 Å². The molecule has 7 nitrogen and oxygen atoms in total. The molecule has 0 aromatic rings. The fourth-order valence-electron chi connectivity index (χ4n) is 2.31. The van der Waals surface area contributed by atoms with E-state index in [-0.39, 0.29) is 17.6 Å². The predicted octanol–water partition coefficient (Wildman–Crippen LogP) is -0.826. The molecule has 0 aliphatic carbocycles. The minimum Gasteiger partial charge on any atom is -0.409 e. The van der Waals surface area contributed by atoms with E-state index in [1.807, 2.05) is 6.92 Å². The average molecular weight is 292 g/mol. The summed E-state index contributed by atoms with van der Waals surface area (Å²) in [6, 6.07) is -0.0398. The fourth-order valence-corrected chi connectivity index (χ4v) is 2.90. The van der Waals surface area contributed by atoms with E-state index >= 15 is 0 Å². The Morgan fingerprint density at radius 2 is 1.95 bits per heavy atom. The van der Waals surface area contributed by atoms with Crippen molar-refractivity contribution in [3.63, 3.8) is 0 Å². The number of sulfone groups is 1. The number of nitrogens with zero attached hydrogens (tertiary/aromatic N) is 3. The van der Waals surface area contributed by atoms with Gasteiger partial charge in [-0.2, -0.15) is 0 Å². The van der Waals surface area contributed by atoms with Crippen molar-refractivity contribution >= 4 is 15.7 Å². The van der Waals surface area contributed by atoms with E-state index < -0.39 is 9.84 Å². The van der Waals surface area contributed by atoms with Crippen molar-refractivity contribution in [1.29, 1.82) is 0 Å². The van der Waals surface area contributed by atoms with Gasteiger partial charge in [-0.15, -0.1) is 0 Å². The molecule has 1 unspecified atom stereocenters. The second-order valence-corrected chi connectivity index (χ2v) is 7.22. The summed E-state index contributed by atoms with van der Waals surface area (Å²) in [5.41, 5.74) is 5.67. The van der Waals surface area contributed by atoms with Crippen LogP contribution in [0.1, 0.15) is 13.3 Å². The van der Waals surface area contributed by atoms with Crippen LogP contribution in [0.2, 0.25) is 0 Å². The van der Waals surface area contributed by atoms with Crippen molar-refractivity contribution in [2.45, 2.75) is 19.4 Å². The van der Waals surface area contributed by atoms with Crippen LogP contribution in [-0.2, 0) is 9.84 Å². The van der Waals surface area contributed by atoms with Crippen molar-refractivity contribution < 1.29 is 13.6 Å². The van der Waals surface area contributed by atoms with Crippen LogP contribution in [0.15, 0.2) is 5.16 Å². The zero-order valence-electron chi connectivity index (χ0n) is 11.6. The Morgan fingerprint density at radius 3 is 2.37 bits per heavy atom. The Hall–Kier alpha value is -0.860. The highest BCUT2D eigenvalue weighted by molar-refractivity contribution is 7.90. The van der Waals surface area contributed by atoms with Crippen molar-refractivity contribution in [3.8, 4) is 0 Å². The Balaban J connectivity index is 2.44. The average Bonchev–Trinajstić information content (AvgIpc) is 2.37. The van der Waals surface area contributed by atoms with Gasteiger partial charge in [-0.1, -0.05) is 12.1 Å². The Morgan fingerprint density at radius 1 is 1.37 bits per heavy atom. The molecule has 0 spiro atoms. The topological polar surface area (TPSA) is 99.2 Å². The second kappa shape index (κ2) is 7.06. The van der Waals surface area contributed by atoms with Crippen LogP contribution >= 0.6 is 0 Å². The number of oxime groups is 1. The maximum Gasteiger partial charge on any atom is 0.156 e. The van der Waals surface area contributed by atoms with Gasteiger partial charge >= 0.3 is 0 Å². The number of piperazine rings is 1. The van der Waals surface area contributed by atoms with E-state index in [4.69, 9.17) is 10.9 Å². The molecule has 0 radical (unpaired) electrons. The largest absolute Gasteiger partial charge is 0.409 e. The molecule has 0 bridgehead atoms. The lowest BCUT2D eigenvalue weighted by molar-refractivity contribution is 0.119. The van der Waals surface area contributed by atoms with Gasteiger partial charge in [0.2, 0.25) is 0 Å². The summed E-state index contributed by atoms with van der Waals surface area (Å²) in [4.78, 5) is 4.31. The molecule has 0 amide bonds. The molecule has 1 saturated heterocycles. The molecule has 1 heterocycles. The molecular weight excluding hydrogens is 268 g/mol. The van der Waals surface area contributed by atoms with E-state index in [1.54, 1.807) is 0 Å². The highest BCUT2D eigenvalue weighted by Gasteiger charge is 2.25. The lowest BCUT2D eigenvalue weighted by Gasteiger charge is -2.38. The molecule has 0 saturated carbocycles. The Bertz CT molecular complexity index is 402. The number of nitrogens with two attached hydrogens (primary N) is 1. The van der Waals surface area contributed by atoms with Gasteiger partial charge in [0.05, 0.1) is 11.8 Å². The monoisotopic (exact) mass is 292 g/mol. The standard InChI is InChI=1S/C11H24N4O3S/c1-3-10(11(12)13-16)15-6-4-14(5-7-15)8-9-19(2,17)18/h10,16H,3-9H2,1-2H3,(H2,12,13). The Kier molecular flexibility index (Phi) is 6.02. The van der Waals surface area contributed by atoms with E-state index in [1.165, 1.54) is 6.26 Å². The maximum atomic E-state index is 11.1. The molecule has 19 heavy (non-hydrogen) atoms. The minimum absolute atomic E-state index is 0.0398. The lowest BCUT2D eigenvalue weighted by Crippen LogP contribution is -2.54. The number of rotatable bonds is 6. The van der Waals surface area contributed by atoms with Crippen LogP contribution in [0.3, 0.4) is 0 Å².